The molecule has 1 saturated heterocycles. The number of ether oxygens (including phenoxy) is 1. The number of rotatable bonds is 8. The molecule has 4 rings (SSSR count). The first kappa shape index (κ1) is 25.9. The van der Waals surface area contributed by atoms with Crippen molar-refractivity contribution in [1.82, 2.24) is 9.80 Å². The fraction of sp³-hybridized carbons (Fsp3) is 0.300. The van der Waals surface area contributed by atoms with E-state index in [-0.39, 0.29) is 24.9 Å². The number of carboxylic acid groups (broad SMARTS) is 1. The molecule has 1 unspecified atom stereocenters. The van der Waals surface area contributed by atoms with Gasteiger partial charge in [-0.25, -0.2) is 4.79 Å². The lowest BCUT2D eigenvalue weighted by Crippen LogP contribution is -2.57. The molecule has 7 nitrogen and oxygen atoms in total. The van der Waals surface area contributed by atoms with Crippen LogP contribution in [0.15, 0.2) is 66.7 Å². The van der Waals surface area contributed by atoms with Crippen LogP contribution in [0.5, 0.6) is 11.5 Å². The Morgan fingerprint density at radius 3 is 2.38 bits per heavy atom. The van der Waals surface area contributed by atoms with Crippen LogP contribution in [0.1, 0.15) is 39.0 Å². The highest BCUT2D eigenvalue weighted by Crippen LogP contribution is 2.30. The molecule has 3 aromatic rings. The molecule has 0 bridgehead atoms. The van der Waals surface area contributed by atoms with E-state index in [1.807, 2.05) is 73.3 Å². The molecular weight excluding hydrogens is 468 g/mol. The van der Waals surface area contributed by atoms with E-state index in [0.717, 1.165) is 28.5 Å². The molecule has 1 aliphatic rings. The van der Waals surface area contributed by atoms with Gasteiger partial charge >= 0.3 is 6.09 Å². The van der Waals surface area contributed by atoms with Gasteiger partial charge in [-0.2, -0.15) is 0 Å². The van der Waals surface area contributed by atoms with Gasteiger partial charge in [0.15, 0.2) is 6.29 Å². The van der Waals surface area contributed by atoms with Crippen LogP contribution in [0.2, 0.25) is 0 Å². The van der Waals surface area contributed by atoms with Crippen molar-refractivity contribution in [2.45, 2.75) is 39.2 Å². The number of hydrogen-bond acceptors (Lipinski definition) is 4. The lowest BCUT2D eigenvalue weighted by molar-refractivity contribution is -0.135. The number of benzene rings is 3. The van der Waals surface area contributed by atoms with Gasteiger partial charge in [0.05, 0.1) is 11.6 Å². The highest BCUT2D eigenvalue weighted by atomic mass is 16.5. The van der Waals surface area contributed by atoms with Crippen molar-refractivity contribution in [2.75, 3.05) is 19.6 Å². The molecule has 7 heteroatoms. The second-order valence-corrected chi connectivity index (χ2v) is 9.53. The van der Waals surface area contributed by atoms with Gasteiger partial charge in [0, 0.05) is 26.1 Å². The Bertz CT molecular complexity index is 1270. The molecule has 0 spiro atoms. The summed E-state index contributed by atoms with van der Waals surface area (Å²) in [6, 6.07) is 20.9. The highest BCUT2D eigenvalue weighted by Gasteiger charge is 2.32. The molecule has 0 aromatic heterocycles. The molecule has 1 heterocycles. The molecule has 3 aromatic carbocycles. The number of carbonyl (C=O) groups is 3. The SMILES string of the molecule is Cc1ccc(Oc2ccc(C)cc2CCC(=O)N2CCN(C(=O)O)CC2Cc2ccccc2)c(C=O)c1. The van der Waals surface area contributed by atoms with Crippen molar-refractivity contribution < 1.29 is 24.2 Å². The zero-order valence-corrected chi connectivity index (χ0v) is 21.2. The van der Waals surface area contributed by atoms with Gasteiger partial charge in [0.25, 0.3) is 0 Å². The minimum Gasteiger partial charge on any atom is -0.465 e. The zero-order chi connectivity index (χ0) is 26.4. The molecule has 1 atom stereocenters. The molecular formula is C30H32N2O5. The number of amides is 2. The third-order valence-electron chi connectivity index (χ3n) is 6.72. The molecule has 1 N–H and O–H groups in total. The van der Waals surface area contributed by atoms with Crippen molar-refractivity contribution in [1.29, 1.82) is 0 Å². The molecule has 37 heavy (non-hydrogen) atoms. The number of nitrogens with zero attached hydrogens (tertiary/aromatic N) is 2. The number of aryl methyl sites for hydroxylation is 3. The summed E-state index contributed by atoms with van der Waals surface area (Å²) in [4.78, 5) is 39.8. The average molecular weight is 501 g/mol. The maximum atomic E-state index is 13.4. The van der Waals surface area contributed by atoms with E-state index in [2.05, 4.69) is 0 Å². The number of piperazine rings is 1. The van der Waals surface area contributed by atoms with Crippen LogP contribution in [0.4, 0.5) is 4.79 Å². The molecule has 2 amide bonds. The molecule has 1 fully saturated rings. The van der Waals surface area contributed by atoms with Gasteiger partial charge < -0.3 is 19.6 Å². The van der Waals surface area contributed by atoms with Crippen LogP contribution in [0.25, 0.3) is 0 Å². The van der Waals surface area contributed by atoms with Crippen molar-refractivity contribution in [3.63, 3.8) is 0 Å². The van der Waals surface area contributed by atoms with E-state index in [4.69, 9.17) is 4.74 Å². The second kappa shape index (κ2) is 11.7. The topological polar surface area (TPSA) is 87.2 Å². The first-order chi connectivity index (χ1) is 17.8. The summed E-state index contributed by atoms with van der Waals surface area (Å²) < 4.78 is 6.13. The van der Waals surface area contributed by atoms with Gasteiger partial charge in [-0.1, -0.05) is 59.7 Å². The minimum atomic E-state index is -0.961. The largest absolute Gasteiger partial charge is 0.465 e. The summed E-state index contributed by atoms with van der Waals surface area (Å²) in [5, 5.41) is 9.52. The van der Waals surface area contributed by atoms with E-state index in [1.165, 1.54) is 4.90 Å². The van der Waals surface area contributed by atoms with Gasteiger partial charge in [-0.3, -0.25) is 9.59 Å². The Morgan fingerprint density at radius 2 is 1.68 bits per heavy atom. The van der Waals surface area contributed by atoms with E-state index in [1.54, 1.807) is 12.1 Å². The Labute approximate surface area is 217 Å². The van der Waals surface area contributed by atoms with Crippen LogP contribution >= 0.6 is 0 Å². The lowest BCUT2D eigenvalue weighted by atomic mass is 10.0. The third kappa shape index (κ3) is 6.55. The van der Waals surface area contributed by atoms with Gasteiger partial charge in [0.1, 0.15) is 11.5 Å². The van der Waals surface area contributed by atoms with Gasteiger partial charge in [0.2, 0.25) is 5.91 Å². The van der Waals surface area contributed by atoms with Crippen molar-refractivity contribution in [2.24, 2.45) is 0 Å². The second-order valence-electron chi connectivity index (χ2n) is 9.53. The van der Waals surface area contributed by atoms with Crippen LogP contribution in [-0.4, -0.2) is 58.9 Å². The van der Waals surface area contributed by atoms with E-state index in [9.17, 15) is 19.5 Å². The van der Waals surface area contributed by atoms with Crippen molar-refractivity contribution >= 4 is 18.3 Å². The maximum absolute atomic E-state index is 13.4. The highest BCUT2D eigenvalue weighted by molar-refractivity contribution is 5.80. The van der Waals surface area contributed by atoms with E-state index >= 15 is 0 Å². The van der Waals surface area contributed by atoms with E-state index in [0.29, 0.717) is 43.0 Å². The Kier molecular flexibility index (Phi) is 8.23. The Hall–Kier alpha value is -4.13. The average Bonchev–Trinajstić information content (AvgIpc) is 2.90. The predicted octanol–water partition coefficient (Wildman–Crippen LogP) is 5.27. The van der Waals surface area contributed by atoms with Crippen LogP contribution in [0.3, 0.4) is 0 Å². The quantitative estimate of drug-likeness (QED) is 0.426. The van der Waals surface area contributed by atoms with Crippen LogP contribution in [-0.2, 0) is 17.6 Å². The van der Waals surface area contributed by atoms with Gasteiger partial charge in [-0.15, -0.1) is 0 Å². The monoisotopic (exact) mass is 500 g/mol. The number of hydrogen-bond donors (Lipinski definition) is 1. The van der Waals surface area contributed by atoms with Crippen molar-refractivity contribution in [3.05, 3.63) is 94.5 Å². The predicted molar refractivity (Wildman–Crippen MR) is 141 cm³/mol. The Morgan fingerprint density at radius 1 is 0.973 bits per heavy atom. The molecule has 192 valence electrons. The molecule has 0 saturated carbocycles. The zero-order valence-electron chi connectivity index (χ0n) is 21.2. The molecule has 1 aliphatic heterocycles. The standard InChI is InChI=1S/C30H32N2O5/c1-21-8-11-27(37-28-12-9-22(2)17-25(28)20-33)24(16-21)10-13-29(34)32-15-14-31(30(35)36)19-26(32)18-23-6-4-3-5-7-23/h3-9,11-12,16-17,20,26H,10,13-15,18-19H2,1-2H3,(H,35,36). The normalized spacial score (nSPS) is 15.4. The molecule has 0 aliphatic carbocycles. The minimum absolute atomic E-state index is 0.0117. The summed E-state index contributed by atoms with van der Waals surface area (Å²) in [6.45, 7) is 4.86. The lowest BCUT2D eigenvalue weighted by Gasteiger charge is -2.40. The van der Waals surface area contributed by atoms with E-state index < -0.39 is 6.09 Å². The van der Waals surface area contributed by atoms with Crippen LogP contribution in [0, 0.1) is 13.8 Å². The summed E-state index contributed by atoms with van der Waals surface area (Å²) in [6.07, 6.45) is 1.15. The first-order valence-electron chi connectivity index (χ1n) is 12.5. The van der Waals surface area contributed by atoms with Crippen LogP contribution < -0.4 is 4.74 Å². The fourth-order valence-corrected chi connectivity index (χ4v) is 4.78. The smallest absolute Gasteiger partial charge is 0.407 e. The van der Waals surface area contributed by atoms with Crippen molar-refractivity contribution in [3.8, 4) is 11.5 Å². The summed E-state index contributed by atoms with van der Waals surface area (Å²) >= 11 is 0. The first-order valence-corrected chi connectivity index (χ1v) is 12.5. The number of carbonyl (C=O) groups excluding carboxylic acids is 2. The number of aldehydes is 1. The maximum Gasteiger partial charge on any atom is 0.407 e. The molecule has 0 radical (unpaired) electrons. The fourth-order valence-electron chi connectivity index (χ4n) is 4.78. The summed E-state index contributed by atoms with van der Waals surface area (Å²) in [5.41, 5.74) is 4.44. The summed E-state index contributed by atoms with van der Waals surface area (Å²) in [5.74, 6) is 1.08. The third-order valence-corrected chi connectivity index (χ3v) is 6.72. The van der Waals surface area contributed by atoms with Gasteiger partial charge in [-0.05, 0) is 56.0 Å². The Balaban J connectivity index is 1.49. The summed E-state index contributed by atoms with van der Waals surface area (Å²) in [7, 11) is 0.